The zero-order valence-corrected chi connectivity index (χ0v) is 17.7. The topological polar surface area (TPSA) is 117 Å². The van der Waals surface area contributed by atoms with E-state index in [1.807, 2.05) is 66.7 Å². The van der Waals surface area contributed by atoms with Crippen molar-refractivity contribution in [2.24, 2.45) is 5.73 Å². The van der Waals surface area contributed by atoms with Gasteiger partial charge in [-0.05, 0) is 41.5 Å². The predicted molar refractivity (Wildman–Crippen MR) is 134 cm³/mol. The lowest BCUT2D eigenvalue weighted by atomic mass is 10.0. The van der Waals surface area contributed by atoms with Crippen molar-refractivity contribution in [2.45, 2.75) is 0 Å². The second-order valence-corrected chi connectivity index (χ2v) is 7.18. The summed E-state index contributed by atoms with van der Waals surface area (Å²) in [5.74, 6) is 0.194. The number of amides is 1. The van der Waals surface area contributed by atoms with Crippen LogP contribution in [0.15, 0.2) is 91.8 Å². The highest BCUT2D eigenvalue weighted by Gasteiger charge is 2.09. The summed E-state index contributed by atoms with van der Waals surface area (Å²) in [6, 6.07) is 21.0. The average molecular weight is 435 g/mol. The van der Waals surface area contributed by atoms with Gasteiger partial charge in [0.2, 0.25) is 11.9 Å². The molecule has 0 saturated carbocycles. The molecule has 7 heteroatoms. The molecule has 0 bridgehead atoms. The summed E-state index contributed by atoms with van der Waals surface area (Å²) < 4.78 is 0. The highest BCUT2D eigenvalue weighted by Crippen LogP contribution is 2.30. The molecule has 0 saturated heterocycles. The highest BCUT2D eigenvalue weighted by atomic mass is 16.1. The van der Waals surface area contributed by atoms with Gasteiger partial charge in [-0.25, -0.2) is 9.97 Å². The van der Waals surface area contributed by atoms with Gasteiger partial charge in [0.25, 0.3) is 0 Å². The number of aromatic nitrogens is 2. The Labute approximate surface area is 191 Å². The van der Waals surface area contributed by atoms with Gasteiger partial charge in [0, 0.05) is 46.5 Å². The molecular weight excluding hydrogens is 412 g/mol. The van der Waals surface area contributed by atoms with Crippen molar-refractivity contribution >= 4 is 45.9 Å². The normalized spacial score (nSPS) is 11.1. The van der Waals surface area contributed by atoms with E-state index in [-0.39, 0.29) is 5.91 Å². The standard InChI is InChI=1S/C26H22N6O/c1-2-24(33)30-22-7-3-5-18(13-22)23-8-4-6-19-16-29-26(32-25(19)23)31-21-11-9-17(10-12-21)20(14-27)15-28/h2-16,27H,1,28H2,(H,30,33)(H,29,31,32)/b20-15+,27-14?. The fourth-order valence-electron chi connectivity index (χ4n) is 3.41. The molecule has 7 nitrogen and oxygen atoms in total. The van der Waals surface area contributed by atoms with E-state index < -0.39 is 0 Å². The lowest BCUT2D eigenvalue weighted by Gasteiger charge is -2.11. The summed E-state index contributed by atoms with van der Waals surface area (Å²) in [4.78, 5) is 20.9. The summed E-state index contributed by atoms with van der Waals surface area (Å²) >= 11 is 0. The van der Waals surface area contributed by atoms with Crippen molar-refractivity contribution in [3.8, 4) is 11.1 Å². The Balaban J connectivity index is 1.66. The Morgan fingerprint density at radius 3 is 2.55 bits per heavy atom. The molecule has 0 radical (unpaired) electrons. The lowest BCUT2D eigenvalue weighted by molar-refractivity contribution is -0.111. The predicted octanol–water partition coefficient (Wildman–Crippen LogP) is 5.11. The molecule has 1 aromatic heterocycles. The number of hydrogen-bond acceptors (Lipinski definition) is 6. The number of nitrogens with two attached hydrogens (primary N) is 1. The van der Waals surface area contributed by atoms with E-state index >= 15 is 0 Å². The number of nitrogens with one attached hydrogen (secondary N) is 3. The van der Waals surface area contributed by atoms with Gasteiger partial charge in [-0.2, -0.15) is 0 Å². The molecule has 4 aromatic rings. The van der Waals surface area contributed by atoms with Crippen LogP contribution in [0.4, 0.5) is 17.3 Å². The SMILES string of the molecule is C=CC(=O)Nc1cccc(-c2cccc3cnc(Nc4ccc(/C(C=N)=C/N)cc4)nc23)c1. The molecule has 0 fully saturated rings. The van der Waals surface area contributed by atoms with Gasteiger partial charge in [0.1, 0.15) is 0 Å². The fourth-order valence-corrected chi connectivity index (χ4v) is 3.41. The number of benzene rings is 3. The number of carbonyl (C=O) groups is 1. The first-order valence-corrected chi connectivity index (χ1v) is 10.2. The Kier molecular flexibility index (Phi) is 6.22. The maximum Gasteiger partial charge on any atom is 0.247 e. The van der Waals surface area contributed by atoms with Gasteiger partial charge in [-0.1, -0.05) is 49.0 Å². The minimum atomic E-state index is -0.264. The van der Waals surface area contributed by atoms with Crippen LogP contribution in [0.25, 0.3) is 27.6 Å². The average Bonchev–Trinajstić information content (AvgIpc) is 2.85. The van der Waals surface area contributed by atoms with Gasteiger partial charge in [-0.3, -0.25) is 4.79 Å². The maximum atomic E-state index is 11.7. The minimum absolute atomic E-state index is 0.264. The van der Waals surface area contributed by atoms with Crippen molar-refractivity contribution in [1.29, 1.82) is 5.41 Å². The second kappa shape index (κ2) is 9.57. The molecule has 162 valence electrons. The van der Waals surface area contributed by atoms with Crippen molar-refractivity contribution in [3.05, 3.63) is 97.3 Å². The first kappa shape index (κ1) is 21.5. The number of carbonyl (C=O) groups excluding carboxylic acids is 1. The van der Waals surface area contributed by atoms with E-state index in [1.165, 1.54) is 18.5 Å². The van der Waals surface area contributed by atoms with E-state index in [9.17, 15) is 4.79 Å². The highest BCUT2D eigenvalue weighted by molar-refractivity contribution is 6.08. The fraction of sp³-hybridized carbons (Fsp3) is 0. The molecule has 4 rings (SSSR count). The van der Waals surface area contributed by atoms with E-state index in [0.29, 0.717) is 17.2 Å². The molecule has 33 heavy (non-hydrogen) atoms. The van der Waals surface area contributed by atoms with Gasteiger partial charge in [0.15, 0.2) is 0 Å². The first-order chi connectivity index (χ1) is 16.1. The smallest absolute Gasteiger partial charge is 0.247 e. The Hall–Kier alpha value is -4.78. The molecule has 0 aliphatic carbocycles. The lowest BCUT2D eigenvalue weighted by Crippen LogP contribution is -2.07. The van der Waals surface area contributed by atoms with E-state index in [1.54, 1.807) is 6.20 Å². The summed E-state index contributed by atoms with van der Waals surface area (Å²) in [6.07, 6.45) is 5.63. The monoisotopic (exact) mass is 434 g/mol. The van der Waals surface area contributed by atoms with E-state index in [2.05, 4.69) is 22.2 Å². The van der Waals surface area contributed by atoms with Crippen molar-refractivity contribution < 1.29 is 4.79 Å². The van der Waals surface area contributed by atoms with E-state index in [0.717, 1.165) is 33.3 Å². The molecule has 1 amide bonds. The minimum Gasteiger partial charge on any atom is -0.404 e. The third-order valence-corrected chi connectivity index (χ3v) is 5.05. The van der Waals surface area contributed by atoms with Crippen molar-refractivity contribution in [2.75, 3.05) is 10.6 Å². The molecule has 5 N–H and O–H groups in total. The van der Waals surface area contributed by atoms with Crippen molar-refractivity contribution in [3.63, 3.8) is 0 Å². The number of fused-ring (bicyclic) bond motifs is 1. The van der Waals surface area contributed by atoms with Crippen LogP contribution in [-0.2, 0) is 4.79 Å². The molecule has 0 atom stereocenters. The van der Waals surface area contributed by atoms with Crippen LogP contribution in [0.2, 0.25) is 0 Å². The molecule has 3 aromatic carbocycles. The molecule has 0 spiro atoms. The maximum absolute atomic E-state index is 11.7. The Morgan fingerprint density at radius 1 is 1.03 bits per heavy atom. The molecule has 1 heterocycles. The third kappa shape index (κ3) is 4.77. The van der Waals surface area contributed by atoms with Crippen LogP contribution in [0.3, 0.4) is 0 Å². The van der Waals surface area contributed by atoms with Crippen LogP contribution in [0.5, 0.6) is 0 Å². The molecule has 0 aliphatic heterocycles. The Morgan fingerprint density at radius 2 is 1.82 bits per heavy atom. The quantitative estimate of drug-likeness (QED) is 0.238. The van der Waals surface area contributed by atoms with Gasteiger partial charge in [-0.15, -0.1) is 0 Å². The number of allylic oxidation sites excluding steroid dienone is 1. The van der Waals surface area contributed by atoms with Crippen molar-refractivity contribution in [1.82, 2.24) is 9.97 Å². The number of para-hydroxylation sites is 1. The number of hydrogen-bond donors (Lipinski definition) is 4. The van der Waals surface area contributed by atoms with Crippen LogP contribution < -0.4 is 16.4 Å². The van der Waals surface area contributed by atoms with Crippen LogP contribution in [0.1, 0.15) is 5.56 Å². The number of anilines is 3. The van der Waals surface area contributed by atoms with E-state index in [4.69, 9.17) is 16.1 Å². The Bertz CT molecular complexity index is 1380. The largest absolute Gasteiger partial charge is 0.404 e. The second-order valence-electron chi connectivity index (χ2n) is 7.18. The summed E-state index contributed by atoms with van der Waals surface area (Å²) in [5, 5.41) is 14.3. The zero-order valence-electron chi connectivity index (χ0n) is 17.7. The van der Waals surface area contributed by atoms with Crippen LogP contribution in [-0.4, -0.2) is 22.1 Å². The third-order valence-electron chi connectivity index (χ3n) is 5.05. The van der Waals surface area contributed by atoms with Gasteiger partial charge < -0.3 is 21.8 Å². The zero-order chi connectivity index (χ0) is 23.2. The summed E-state index contributed by atoms with van der Waals surface area (Å²) in [6.45, 7) is 3.49. The molecular formula is C26H22N6O. The van der Waals surface area contributed by atoms with Gasteiger partial charge >= 0.3 is 0 Å². The van der Waals surface area contributed by atoms with Gasteiger partial charge in [0.05, 0.1) is 5.52 Å². The number of nitrogens with zero attached hydrogens (tertiary/aromatic N) is 2. The number of rotatable bonds is 7. The van der Waals surface area contributed by atoms with Crippen LogP contribution in [0, 0.1) is 5.41 Å². The summed E-state index contributed by atoms with van der Waals surface area (Å²) in [7, 11) is 0. The first-order valence-electron chi connectivity index (χ1n) is 10.2. The molecule has 0 unspecified atom stereocenters. The molecule has 0 aliphatic rings. The summed E-state index contributed by atoms with van der Waals surface area (Å²) in [5.41, 5.74) is 11.2. The van der Waals surface area contributed by atoms with Crippen LogP contribution >= 0.6 is 0 Å².